The first-order valence-corrected chi connectivity index (χ1v) is 10.1. The van der Waals surface area contributed by atoms with Gasteiger partial charge in [-0.1, -0.05) is 22.9 Å². The van der Waals surface area contributed by atoms with E-state index in [1.807, 2.05) is 31.1 Å². The molecule has 2 heterocycles. The third-order valence-electron chi connectivity index (χ3n) is 4.38. The molecule has 6 nitrogen and oxygen atoms in total. The Balaban J connectivity index is 0.00000240. The lowest BCUT2D eigenvalue weighted by atomic mass is 10.1. The Bertz CT molecular complexity index is 1030. The average Bonchev–Trinajstić information content (AvgIpc) is 3.10. The fourth-order valence-electron chi connectivity index (χ4n) is 2.92. The Morgan fingerprint density at radius 2 is 1.86 bits per heavy atom. The first-order valence-electron chi connectivity index (χ1n) is 8.93. The summed E-state index contributed by atoms with van der Waals surface area (Å²) in [4.78, 5) is 21.7. The second-order valence-electron chi connectivity index (χ2n) is 6.73. The van der Waals surface area contributed by atoms with Crippen LogP contribution in [0.1, 0.15) is 10.4 Å². The van der Waals surface area contributed by atoms with E-state index in [2.05, 4.69) is 4.98 Å². The van der Waals surface area contributed by atoms with Crippen LogP contribution in [0.2, 0.25) is 5.02 Å². The van der Waals surface area contributed by atoms with Crippen LogP contribution in [0.25, 0.3) is 10.2 Å². The van der Waals surface area contributed by atoms with Crippen molar-refractivity contribution in [3.63, 3.8) is 0 Å². The maximum absolute atomic E-state index is 13.3. The number of carbonyl (C=O) groups is 1. The zero-order chi connectivity index (χ0) is 19.7. The van der Waals surface area contributed by atoms with E-state index in [1.54, 1.807) is 29.2 Å². The minimum atomic E-state index is -0.121. The van der Waals surface area contributed by atoms with E-state index in [4.69, 9.17) is 21.1 Å². The number of amides is 1. The van der Waals surface area contributed by atoms with Gasteiger partial charge >= 0.3 is 0 Å². The molecule has 2 aromatic carbocycles. The van der Waals surface area contributed by atoms with Crippen molar-refractivity contribution in [1.29, 1.82) is 0 Å². The van der Waals surface area contributed by atoms with Crippen molar-refractivity contribution >= 4 is 44.2 Å². The number of aromatic nitrogens is 1. The number of fused-ring (bicyclic) bond motifs is 2. The lowest BCUT2D eigenvalue weighted by Crippen LogP contribution is -3.00. The lowest BCUT2D eigenvalue weighted by Gasteiger charge is -2.23. The number of thiazole rings is 1. The highest BCUT2D eigenvalue weighted by molar-refractivity contribution is 7.22. The third-order valence-corrected chi connectivity index (χ3v) is 5.65. The molecule has 1 aliphatic rings. The summed E-state index contributed by atoms with van der Waals surface area (Å²) in [6.45, 7) is 2.23. The Morgan fingerprint density at radius 3 is 2.62 bits per heavy atom. The molecule has 1 aromatic heterocycles. The maximum atomic E-state index is 13.3. The fourth-order valence-corrected chi connectivity index (χ4v) is 4.18. The number of hydrogen-bond acceptors (Lipinski definition) is 6. The Morgan fingerprint density at radius 1 is 1.10 bits per heavy atom. The van der Waals surface area contributed by atoms with Gasteiger partial charge in [0.1, 0.15) is 13.2 Å². The molecule has 0 fully saturated rings. The van der Waals surface area contributed by atoms with Crippen LogP contribution in [0.15, 0.2) is 36.4 Å². The van der Waals surface area contributed by atoms with Crippen molar-refractivity contribution in [1.82, 2.24) is 9.88 Å². The predicted molar refractivity (Wildman–Crippen MR) is 112 cm³/mol. The highest BCUT2D eigenvalue weighted by Gasteiger charge is 2.23. The van der Waals surface area contributed by atoms with Crippen molar-refractivity contribution in [2.45, 2.75) is 0 Å². The lowest BCUT2D eigenvalue weighted by molar-refractivity contribution is -0.0000138. The summed E-state index contributed by atoms with van der Waals surface area (Å²) in [5.41, 5.74) is 1.37. The van der Waals surface area contributed by atoms with E-state index in [-0.39, 0.29) is 18.3 Å². The molecular formula is C20H20Cl2N3O3S-. The smallest absolute Gasteiger partial charge is 0.260 e. The normalized spacial score (nSPS) is 12.7. The topological polar surface area (TPSA) is 54.9 Å². The van der Waals surface area contributed by atoms with Gasteiger partial charge in [-0.05, 0) is 50.5 Å². The fraction of sp³-hybridized carbons (Fsp3) is 0.300. The largest absolute Gasteiger partial charge is 1.00 e. The van der Waals surface area contributed by atoms with Crippen molar-refractivity contribution in [3.05, 3.63) is 47.0 Å². The predicted octanol–water partition coefficient (Wildman–Crippen LogP) is 0.933. The standard InChI is InChI=1S/C20H20ClN3O3S.ClH/c1-23(2)7-8-24(20-22-15-5-4-14(21)12-18(15)28-20)19(25)13-3-6-16-17(11-13)27-10-9-26-16;/h3-6,11-12H,7-10H2,1-2H3;1H/p-1. The summed E-state index contributed by atoms with van der Waals surface area (Å²) >= 11 is 7.56. The maximum Gasteiger partial charge on any atom is 0.260 e. The molecule has 0 spiro atoms. The first kappa shape index (κ1) is 21.6. The summed E-state index contributed by atoms with van der Waals surface area (Å²) < 4.78 is 12.1. The van der Waals surface area contributed by atoms with E-state index >= 15 is 0 Å². The second kappa shape index (κ2) is 9.17. The van der Waals surface area contributed by atoms with Crippen LogP contribution < -0.4 is 26.8 Å². The van der Waals surface area contributed by atoms with Crippen LogP contribution in [0.3, 0.4) is 0 Å². The van der Waals surface area contributed by atoms with Crippen LogP contribution >= 0.6 is 22.9 Å². The molecule has 0 saturated carbocycles. The molecule has 9 heteroatoms. The Hall–Kier alpha value is -2.06. The number of carbonyl (C=O) groups excluding carboxylic acids is 1. The van der Waals surface area contributed by atoms with Crippen molar-refractivity contribution in [2.75, 3.05) is 45.3 Å². The number of rotatable bonds is 5. The highest BCUT2D eigenvalue weighted by atomic mass is 35.5. The zero-order valence-electron chi connectivity index (χ0n) is 16.0. The first-order chi connectivity index (χ1) is 13.5. The monoisotopic (exact) mass is 452 g/mol. The Kier molecular flexibility index (Phi) is 6.85. The number of nitrogens with zero attached hydrogens (tertiary/aromatic N) is 3. The molecule has 0 atom stereocenters. The van der Waals surface area contributed by atoms with Crippen LogP contribution in [0, 0.1) is 0 Å². The van der Waals surface area contributed by atoms with Crippen molar-refractivity contribution in [3.8, 4) is 11.5 Å². The van der Waals surface area contributed by atoms with Gasteiger partial charge in [-0.2, -0.15) is 0 Å². The van der Waals surface area contributed by atoms with Crippen LogP contribution in [0.5, 0.6) is 11.5 Å². The molecular weight excluding hydrogens is 433 g/mol. The molecule has 0 radical (unpaired) electrons. The van der Waals surface area contributed by atoms with Crippen LogP contribution in [-0.2, 0) is 0 Å². The number of anilines is 1. The minimum Gasteiger partial charge on any atom is -1.00 e. The highest BCUT2D eigenvalue weighted by Crippen LogP contribution is 2.34. The molecule has 0 bridgehead atoms. The molecule has 0 aliphatic carbocycles. The third kappa shape index (κ3) is 4.75. The van der Waals surface area contributed by atoms with Crippen LogP contribution in [-0.4, -0.2) is 56.2 Å². The second-order valence-corrected chi connectivity index (χ2v) is 8.17. The van der Waals surface area contributed by atoms with Gasteiger partial charge in [0.05, 0.1) is 10.2 Å². The van der Waals surface area contributed by atoms with Gasteiger partial charge in [0.15, 0.2) is 16.6 Å². The summed E-state index contributed by atoms with van der Waals surface area (Å²) in [6.07, 6.45) is 0. The van der Waals surface area contributed by atoms with Crippen molar-refractivity contribution < 1.29 is 26.7 Å². The zero-order valence-corrected chi connectivity index (χ0v) is 18.4. The minimum absolute atomic E-state index is 0. The van der Waals surface area contributed by atoms with E-state index in [0.717, 1.165) is 10.2 Å². The molecule has 0 unspecified atom stereocenters. The van der Waals surface area contributed by atoms with Gasteiger partial charge in [-0.25, -0.2) is 4.98 Å². The van der Waals surface area contributed by atoms with Gasteiger partial charge in [0.25, 0.3) is 5.91 Å². The van der Waals surface area contributed by atoms with Gasteiger partial charge in [-0.3, -0.25) is 9.69 Å². The van der Waals surface area contributed by atoms with Crippen molar-refractivity contribution in [2.24, 2.45) is 0 Å². The molecule has 154 valence electrons. The summed E-state index contributed by atoms with van der Waals surface area (Å²) in [7, 11) is 3.95. The molecule has 1 amide bonds. The summed E-state index contributed by atoms with van der Waals surface area (Å²) in [6, 6.07) is 10.8. The van der Waals surface area contributed by atoms with E-state index in [1.165, 1.54) is 11.3 Å². The molecule has 3 aromatic rings. The molecule has 1 aliphatic heterocycles. The van der Waals surface area contributed by atoms with E-state index < -0.39 is 0 Å². The quantitative estimate of drug-likeness (QED) is 0.576. The summed E-state index contributed by atoms with van der Waals surface area (Å²) in [5, 5.41) is 1.31. The Labute approximate surface area is 184 Å². The molecule has 29 heavy (non-hydrogen) atoms. The van der Waals surface area contributed by atoms with Crippen LogP contribution in [0.4, 0.5) is 5.13 Å². The average molecular weight is 453 g/mol. The number of ether oxygens (including phenoxy) is 2. The van der Waals surface area contributed by atoms with E-state index in [0.29, 0.717) is 53.5 Å². The molecule has 0 N–H and O–H groups in total. The van der Waals surface area contributed by atoms with E-state index in [9.17, 15) is 4.79 Å². The van der Waals surface area contributed by atoms with Gasteiger partial charge in [0.2, 0.25) is 0 Å². The van der Waals surface area contributed by atoms with Gasteiger partial charge < -0.3 is 26.8 Å². The molecule has 0 saturated heterocycles. The number of halogens is 2. The number of likely N-dealkylation sites (N-methyl/N-ethyl adjacent to an activating group) is 1. The summed E-state index contributed by atoms with van der Waals surface area (Å²) in [5.74, 6) is 1.14. The number of hydrogen-bond donors (Lipinski definition) is 0. The molecule has 4 rings (SSSR count). The van der Waals surface area contributed by atoms with Gasteiger partial charge in [0, 0.05) is 23.7 Å². The van der Waals surface area contributed by atoms with Gasteiger partial charge in [-0.15, -0.1) is 0 Å². The number of benzene rings is 2. The SMILES string of the molecule is CN(C)CCN(C(=O)c1ccc2c(c1)OCCO2)c1nc2ccc(Cl)cc2s1.[Cl-].